The van der Waals surface area contributed by atoms with Crippen LogP contribution in [-0.2, 0) is 9.59 Å². The number of carboxylic acid groups (broad SMARTS) is 1. The van der Waals surface area contributed by atoms with Crippen molar-refractivity contribution in [3.8, 4) is 0 Å². The minimum Gasteiger partial charge on any atom is -0.480 e. The van der Waals surface area contributed by atoms with Crippen LogP contribution in [0.5, 0.6) is 0 Å². The van der Waals surface area contributed by atoms with Crippen molar-refractivity contribution in [2.75, 3.05) is 26.2 Å². The van der Waals surface area contributed by atoms with E-state index in [4.69, 9.17) is 0 Å². The summed E-state index contributed by atoms with van der Waals surface area (Å²) >= 11 is 0. The number of carboxylic acids is 1. The predicted octanol–water partition coefficient (Wildman–Crippen LogP) is 0.598. The van der Waals surface area contributed by atoms with E-state index in [-0.39, 0.29) is 18.0 Å². The Hall–Kier alpha value is -1.79. The smallest absolute Gasteiger partial charge is 0.329 e. The number of piperazine rings is 1. The summed E-state index contributed by atoms with van der Waals surface area (Å²) in [6.07, 6.45) is 1.32. The maximum absolute atomic E-state index is 12.6. The first-order chi connectivity index (χ1) is 9.78. The van der Waals surface area contributed by atoms with E-state index < -0.39 is 11.5 Å². The van der Waals surface area contributed by atoms with Crippen LogP contribution < -0.4 is 0 Å². The molecule has 0 bridgehead atoms. The fourth-order valence-electron chi connectivity index (χ4n) is 3.09. The molecule has 7 heteroatoms. The molecule has 21 heavy (non-hydrogen) atoms. The highest BCUT2D eigenvalue weighted by Gasteiger charge is 2.42. The van der Waals surface area contributed by atoms with Crippen molar-refractivity contribution in [1.82, 2.24) is 14.7 Å². The fraction of sp³-hybridized carbons (Fsp3) is 0.786. The van der Waals surface area contributed by atoms with Gasteiger partial charge in [-0.15, -0.1) is 0 Å². The van der Waals surface area contributed by atoms with Crippen LogP contribution in [0.15, 0.2) is 0 Å². The van der Waals surface area contributed by atoms with Crippen molar-refractivity contribution in [1.29, 1.82) is 0 Å². The lowest BCUT2D eigenvalue weighted by Crippen LogP contribution is -2.61. The first kappa shape index (κ1) is 15.6. The summed E-state index contributed by atoms with van der Waals surface area (Å²) in [4.78, 5) is 40.5. The number of amides is 3. The fourth-order valence-corrected chi connectivity index (χ4v) is 3.09. The molecular formula is C14H23N3O4. The number of carbonyl (C=O) groups excluding carboxylic acids is 2. The molecule has 0 aromatic rings. The average Bonchev–Trinajstić information content (AvgIpc) is 2.80. The molecule has 0 aromatic heterocycles. The molecular weight excluding hydrogens is 274 g/mol. The van der Waals surface area contributed by atoms with E-state index in [1.807, 2.05) is 4.90 Å². The van der Waals surface area contributed by atoms with Crippen molar-refractivity contribution >= 4 is 17.9 Å². The summed E-state index contributed by atoms with van der Waals surface area (Å²) in [5, 5.41) is 9.31. The van der Waals surface area contributed by atoms with E-state index >= 15 is 0 Å². The maximum Gasteiger partial charge on any atom is 0.329 e. The van der Waals surface area contributed by atoms with Crippen LogP contribution >= 0.6 is 0 Å². The molecule has 118 valence electrons. The molecule has 0 aromatic carbocycles. The van der Waals surface area contributed by atoms with Gasteiger partial charge in [-0.25, -0.2) is 9.59 Å². The van der Waals surface area contributed by atoms with Crippen LogP contribution in [0, 0.1) is 0 Å². The third-order valence-electron chi connectivity index (χ3n) is 4.51. The van der Waals surface area contributed by atoms with Crippen molar-refractivity contribution in [2.24, 2.45) is 0 Å². The molecule has 0 radical (unpaired) electrons. The summed E-state index contributed by atoms with van der Waals surface area (Å²) in [5.41, 5.74) is -1.24. The Labute approximate surface area is 124 Å². The Morgan fingerprint density at radius 2 is 2.05 bits per heavy atom. The molecule has 2 fully saturated rings. The summed E-state index contributed by atoms with van der Waals surface area (Å²) in [5.74, 6) is -0.863. The van der Waals surface area contributed by atoms with Gasteiger partial charge >= 0.3 is 12.0 Å². The van der Waals surface area contributed by atoms with Gasteiger partial charge in [0.1, 0.15) is 5.54 Å². The second-order valence-electron chi connectivity index (χ2n) is 6.12. The van der Waals surface area contributed by atoms with Crippen molar-refractivity contribution in [3.63, 3.8) is 0 Å². The summed E-state index contributed by atoms with van der Waals surface area (Å²) < 4.78 is 0. The lowest BCUT2D eigenvalue weighted by molar-refractivity contribution is -0.147. The van der Waals surface area contributed by atoms with E-state index in [1.165, 1.54) is 18.7 Å². The summed E-state index contributed by atoms with van der Waals surface area (Å²) in [6.45, 7) is 6.68. The van der Waals surface area contributed by atoms with Crippen molar-refractivity contribution in [3.05, 3.63) is 0 Å². The topological polar surface area (TPSA) is 81.2 Å². The standard InChI is InChI=1S/C14H23N3O4/c1-4-17(14(2,3)12(19)20)13(21)15-7-8-16-10(9-15)5-6-11(16)18/h10H,4-9H2,1-3H3,(H,19,20). The van der Waals surface area contributed by atoms with Gasteiger partial charge in [0.15, 0.2) is 0 Å². The highest BCUT2D eigenvalue weighted by Crippen LogP contribution is 2.25. The molecule has 2 heterocycles. The summed E-state index contributed by atoms with van der Waals surface area (Å²) in [6, 6.07) is -0.175. The molecule has 1 atom stereocenters. The molecule has 2 saturated heterocycles. The Bertz CT molecular complexity index is 463. The van der Waals surface area contributed by atoms with E-state index in [2.05, 4.69) is 0 Å². The lowest BCUT2D eigenvalue weighted by atomic mass is 10.0. The minimum absolute atomic E-state index is 0.0850. The molecule has 0 aliphatic carbocycles. The number of aliphatic carboxylic acids is 1. The van der Waals surface area contributed by atoms with Gasteiger partial charge in [-0.05, 0) is 27.2 Å². The zero-order chi connectivity index (χ0) is 15.8. The average molecular weight is 297 g/mol. The van der Waals surface area contributed by atoms with Gasteiger partial charge < -0.3 is 19.8 Å². The third-order valence-corrected chi connectivity index (χ3v) is 4.51. The molecule has 1 N–H and O–H groups in total. The number of hydrogen-bond acceptors (Lipinski definition) is 3. The quantitative estimate of drug-likeness (QED) is 0.827. The third kappa shape index (κ3) is 2.69. The highest BCUT2D eigenvalue weighted by atomic mass is 16.4. The molecule has 7 nitrogen and oxygen atoms in total. The number of rotatable bonds is 3. The number of likely N-dealkylation sites (N-methyl/N-ethyl adjacent to an activating group) is 1. The normalized spacial score (nSPS) is 22.2. The van der Waals surface area contributed by atoms with Crippen LogP contribution in [0.2, 0.25) is 0 Å². The molecule has 0 spiro atoms. The minimum atomic E-state index is -1.24. The number of nitrogens with zero attached hydrogens (tertiary/aromatic N) is 3. The largest absolute Gasteiger partial charge is 0.480 e. The molecule has 2 rings (SSSR count). The van der Waals surface area contributed by atoms with E-state index in [0.717, 1.165) is 6.42 Å². The van der Waals surface area contributed by atoms with Gasteiger partial charge in [0, 0.05) is 38.6 Å². The van der Waals surface area contributed by atoms with Gasteiger partial charge in [0.2, 0.25) is 5.91 Å². The van der Waals surface area contributed by atoms with Crippen LogP contribution in [0.4, 0.5) is 4.79 Å². The van der Waals surface area contributed by atoms with Crippen LogP contribution in [0.1, 0.15) is 33.6 Å². The Morgan fingerprint density at radius 3 is 2.62 bits per heavy atom. The highest BCUT2D eigenvalue weighted by molar-refractivity contribution is 5.86. The second-order valence-corrected chi connectivity index (χ2v) is 6.12. The predicted molar refractivity (Wildman–Crippen MR) is 75.8 cm³/mol. The zero-order valence-corrected chi connectivity index (χ0v) is 12.8. The van der Waals surface area contributed by atoms with Crippen LogP contribution in [0.25, 0.3) is 0 Å². The van der Waals surface area contributed by atoms with Gasteiger partial charge in [-0.2, -0.15) is 0 Å². The molecule has 2 aliphatic heterocycles. The number of urea groups is 1. The molecule has 3 amide bonds. The number of hydrogen-bond donors (Lipinski definition) is 1. The number of fused-ring (bicyclic) bond motifs is 1. The molecule has 0 saturated carbocycles. The van der Waals surface area contributed by atoms with E-state index in [9.17, 15) is 19.5 Å². The molecule has 2 aliphatic rings. The Balaban J connectivity index is 2.09. The Morgan fingerprint density at radius 1 is 1.38 bits per heavy atom. The van der Waals surface area contributed by atoms with Crippen LogP contribution in [-0.4, -0.2) is 75.5 Å². The number of carbonyl (C=O) groups is 3. The zero-order valence-electron chi connectivity index (χ0n) is 12.8. The van der Waals surface area contributed by atoms with Crippen LogP contribution in [0.3, 0.4) is 0 Å². The SMILES string of the molecule is CCN(C(=O)N1CCN2C(=O)CCC2C1)C(C)(C)C(=O)O. The first-order valence-corrected chi connectivity index (χ1v) is 7.38. The van der Waals surface area contributed by atoms with Gasteiger partial charge in [-0.1, -0.05) is 0 Å². The van der Waals surface area contributed by atoms with Gasteiger partial charge in [-0.3, -0.25) is 4.79 Å². The molecule has 1 unspecified atom stereocenters. The van der Waals surface area contributed by atoms with E-state index in [0.29, 0.717) is 32.6 Å². The van der Waals surface area contributed by atoms with Crippen molar-refractivity contribution < 1.29 is 19.5 Å². The first-order valence-electron chi connectivity index (χ1n) is 7.38. The lowest BCUT2D eigenvalue weighted by Gasteiger charge is -2.42. The summed E-state index contributed by atoms with van der Waals surface area (Å²) in [7, 11) is 0. The van der Waals surface area contributed by atoms with E-state index in [1.54, 1.807) is 11.8 Å². The van der Waals surface area contributed by atoms with Crippen molar-refractivity contribution in [2.45, 2.75) is 45.2 Å². The monoisotopic (exact) mass is 297 g/mol. The van der Waals surface area contributed by atoms with Gasteiger partial charge in [0.25, 0.3) is 0 Å². The maximum atomic E-state index is 12.6. The van der Waals surface area contributed by atoms with Gasteiger partial charge in [0.05, 0.1) is 0 Å². The Kier molecular flexibility index (Phi) is 4.11. The second kappa shape index (κ2) is 5.54.